The van der Waals surface area contributed by atoms with Gasteiger partial charge in [0.1, 0.15) is 5.82 Å². The number of imidazole rings is 1. The molecule has 2 heterocycles. The van der Waals surface area contributed by atoms with Crippen molar-refractivity contribution in [1.29, 1.82) is 0 Å². The SMILES string of the molecule is CN(SN)c1ccc2c(c1)nc(C(C)(C)C)n2CC1CCOCC1. The molecule has 24 heavy (non-hydrogen) atoms. The van der Waals surface area contributed by atoms with E-state index in [1.807, 2.05) is 11.4 Å². The zero-order valence-electron chi connectivity index (χ0n) is 15.1. The first-order valence-electron chi connectivity index (χ1n) is 8.59. The Morgan fingerprint density at radius 2 is 2.04 bits per heavy atom. The van der Waals surface area contributed by atoms with Gasteiger partial charge in [0.2, 0.25) is 0 Å². The minimum atomic E-state index is 0.0128. The third-order valence-electron chi connectivity index (χ3n) is 4.71. The lowest BCUT2D eigenvalue weighted by Gasteiger charge is -2.26. The highest BCUT2D eigenvalue weighted by Gasteiger charge is 2.25. The number of hydrogen-bond donors (Lipinski definition) is 1. The maximum absolute atomic E-state index is 5.68. The van der Waals surface area contributed by atoms with Crippen LogP contribution in [0.4, 0.5) is 5.69 Å². The van der Waals surface area contributed by atoms with Crippen molar-refractivity contribution in [2.75, 3.05) is 24.6 Å². The van der Waals surface area contributed by atoms with E-state index in [2.05, 4.69) is 43.5 Å². The topological polar surface area (TPSA) is 56.3 Å². The predicted molar refractivity (Wildman–Crippen MR) is 102 cm³/mol. The number of nitrogens with two attached hydrogens (primary N) is 1. The number of aromatic nitrogens is 2. The van der Waals surface area contributed by atoms with Crippen molar-refractivity contribution < 1.29 is 4.74 Å². The molecule has 2 N–H and O–H groups in total. The van der Waals surface area contributed by atoms with Crippen LogP contribution in [0.25, 0.3) is 11.0 Å². The van der Waals surface area contributed by atoms with Crippen molar-refractivity contribution in [3.05, 3.63) is 24.0 Å². The van der Waals surface area contributed by atoms with E-state index in [1.54, 1.807) is 0 Å². The van der Waals surface area contributed by atoms with Crippen molar-refractivity contribution >= 4 is 28.9 Å². The lowest BCUT2D eigenvalue weighted by molar-refractivity contribution is 0.0611. The fourth-order valence-electron chi connectivity index (χ4n) is 3.32. The fraction of sp³-hybridized carbons (Fsp3) is 0.611. The van der Waals surface area contributed by atoms with E-state index in [4.69, 9.17) is 14.9 Å². The molecule has 1 fully saturated rings. The van der Waals surface area contributed by atoms with Crippen LogP contribution in [-0.2, 0) is 16.7 Å². The second-order valence-corrected chi connectivity index (χ2v) is 8.39. The van der Waals surface area contributed by atoms with Crippen molar-refractivity contribution in [2.45, 2.75) is 45.6 Å². The molecule has 0 atom stereocenters. The van der Waals surface area contributed by atoms with E-state index < -0.39 is 0 Å². The summed E-state index contributed by atoms with van der Waals surface area (Å²) in [5, 5.41) is 5.68. The van der Waals surface area contributed by atoms with Gasteiger partial charge >= 0.3 is 0 Å². The molecule has 1 aromatic carbocycles. The first-order valence-corrected chi connectivity index (χ1v) is 9.43. The molecule has 1 aliphatic rings. The van der Waals surface area contributed by atoms with Gasteiger partial charge in [0.15, 0.2) is 0 Å². The Morgan fingerprint density at radius 3 is 2.67 bits per heavy atom. The molecule has 5 nitrogen and oxygen atoms in total. The zero-order valence-corrected chi connectivity index (χ0v) is 15.9. The van der Waals surface area contributed by atoms with Gasteiger partial charge in [0, 0.05) is 44.4 Å². The maximum Gasteiger partial charge on any atom is 0.115 e. The third kappa shape index (κ3) is 3.55. The minimum absolute atomic E-state index is 0.0128. The Bertz CT molecular complexity index is 701. The van der Waals surface area contributed by atoms with Gasteiger partial charge in [-0.2, -0.15) is 0 Å². The molecular weight excluding hydrogens is 320 g/mol. The van der Waals surface area contributed by atoms with E-state index in [0.717, 1.165) is 49.6 Å². The summed E-state index contributed by atoms with van der Waals surface area (Å²) in [6.45, 7) is 9.48. The second kappa shape index (κ2) is 6.94. The van der Waals surface area contributed by atoms with Gasteiger partial charge in [-0.1, -0.05) is 20.8 Å². The Kier molecular flexibility index (Phi) is 5.08. The number of hydrogen-bond acceptors (Lipinski definition) is 5. The van der Waals surface area contributed by atoms with Crippen molar-refractivity contribution in [3.63, 3.8) is 0 Å². The molecule has 0 radical (unpaired) electrons. The van der Waals surface area contributed by atoms with Crippen LogP contribution in [0.2, 0.25) is 0 Å². The van der Waals surface area contributed by atoms with Crippen LogP contribution >= 0.6 is 12.1 Å². The van der Waals surface area contributed by atoms with E-state index in [1.165, 1.54) is 17.7 Å². The summed E-state index contributed by atoms with van der Waals surface area (Å²) in [5.41, 5.74) is 3.35. The summed E-state index contributed by atoms with van der Waals surface area (Å²) < 4.78 is 9.89. The molecular formula is C18H28N4OS. The molecule has 1 saturated heterocycles. The van der Waals surface area contributed by atoms with Gasteiger partial charge < -0.3 is 13.6 Å². The Balaban J connectivity index is 2.03. The molecule has 0 spiro atoms. The second-order valence-electron chi connectivity index (χ2n) is 7.63. The summed E-state index contributed by atoms with van der Waals surface area (Å²) in [5.74, 6) is 1.82. The predicted octanol–water partition coefficient (Wildman–Crippen LogP) is 3.72. The summed E-state index contributed by atoms with van der Waals surface area (Å²) in [7, 11) is 1.97. The largest absolute Gasteiger partial charge is 0.381 e. The molecule has 0 unspecified atom stereocenters. The van der Waals surface area contributed by atoms with Gasteiger partial charge in [-0.25, -0.2) is 4.98 Å². The summed E-state index contributed by atoms with van der Waals surface area (Å²) in [4.78, 5) is 4.98. The highest BCUT2D eigenvalue weighted by Crippen LogP contribution is 2.31. The molecule has 1 aliphatic heterocycles. The monoisotopic (exact) mass is 348 g/mol. The van der Waals surface area contributed by atoms with Crippen LogP contribution in [0.15, 0.2) is 18.2 Å². The zero-order chi connectivity index (χ0) is 17.3. The molecule has 0 aliphatic carbocycles. The molecule has 3 rings (SSSR count). The van der Waals surface area contributed by atoms with Crippen LogP contribution in [-0.4, -0.2) is 29.8 Å². The molecule has 132 valence electrons. The smallest absolute Gasteiger partial charge is 0.115 e. The Labute approximate surface area is 148 Å². The quantitative estimate of drug-likeness (QED) is 0.854. The number of fused-ring (bicyclic) bond motifs is 1. The highest BCUT2D eigenvalue weighted by atomic mass is 32.2. The summed E-state index contributed by atoms with van der Waals surface area (Å²) >= 11 is 1.22. The molecule has 0 bridgehead atoms. The molecule has 2 aromatic rings. The van der Waals surface area contributed by atoms with E-state index in [0.29, 0.717) is 5.92 Å². The van der Waals surface area contributed by atoms with Crippen LogP contribution < -0.4 is 9.44 Å². The first kappa shape index (κ1) is 17.6. The van der Waals surface area contributed by atoms with Gasteiger partial charge in [0.05, 0.1) is 16.7 Å². The van der Waals surface area contributed by atoms with E-state index in [9.17, 15) is 0 Å². The van der Waals surface area contributed by atoms with Crippen LogP contribution in [0.5, 0.6) is 0 Å². The first-order chi connectivity index (χ1) is 11.4. The summed E-state index contributed by atoms with van der Waals surface area (Å²) in [6.07, 6.45) is 2.27. The molecule has 6 heteroatoms. The molecule has 0 saturated carbocycles. The average molecular weight is 349 g/mol. The van der Waals surface area contributed by atoms with Crippen molar-refractivity contribution in [2.24, 2.45) is 11.1 Å². The number of ether oxygens (including phenoxy) is 1. The molecule has 1 aromatic heterocycles. The number of rotatable bonds is 4. The average Bonchev–Trinajstić information content (AvgIpc) is 2.93. The highest BCUT2D eigenvalue weighted by molar-refractivity contribution is 7.98. The third-order valence-corrected chi connectivity index (χ3v) is 5.23. The van der Waals surface area contributed by atoms with Gasteiger partial charge in [-0.15, -0.1) is 0 Å². The Morgan fingerprint density at radius 1 is 1.33 bits per heavy atom. The lowest BCUT2D eigenvalue weighted by atomic mass is 9.94. The maximum atomic E-state index is 5.68. The number of anilines is 1. The van der Waals surface area contributed by atoms with Crippen molar-refractivity contribution in [3.8, 4) is 0 Å². The van der Waals surface area contributed by atoms with E-state index in [-0.39, 0.29) is 5.41 Å². The van der Waals surface area contributed by atoms with Gasteiger partial charge in [0.25, 0.3) is 0 Å². The number of benzene rings is 1. The fourth-order valence-corrected chi connectivity index (χ4v) is 3.55. The summed E-state index contributed by atoms with van der Waals surface area (Å²) in [6, 6.07) is 6.43. The van der Waals surface area contributed by atoms with Crippen LogP contribution in [0, 0.1) is 5.92 Å². The van der Waals surface area contributed by atoms with Crippen molar-refractivity contribution in [1.82, 2.24) is 9.55 Å². The standard InChI is InChI=1S/C18H28N4OS/c1-18(2,3)17-20-15-11-14(21(4)24-19)5-6-16(15)22(17)12-13-7-9-23-10-8-13/h5-6,11,13H,7-10,12,19H2,1-4H3. The lowest BCUT2D eigenvalue weighted by Crippen LogP contribution is -2.25. The minimum Gasteiger partial charge on any atom is -0.381 e. The normalized spacial score (nSPS) is 16.7. The van der Waals surface area contributed by atoms with Gasteiger partial charge in [-0.3, -0.25) is 5.14 Å². The van der Waals surface area contributed by atoms with Crippen LogP contribution in [0.1, 0.15) is 39.4 Å². The molecule has 0 amide bonds. The van der Waals surface area contributed by atoms with Gasteiger partial charge in [-0.05, 0) is 37.0 Å². The van der Waals surface area contributed by atoms with Crippen LogP contribution in [0.3, 0.4) is 0 Å². The Hall–Kier alpha value is -1.24. The number of nitrogens with zero attached hydrogens (tertiary/aromatic N) is 3. The van der Waals surface area contributed by atoms with E-state index >= 15 is 0 Å².